The van der Waals surface area contributed by atoms with Crippen LogP contribution in [0.2, 0.25) is 0 Å². The van der Waals surface area contributed by atoms with Gasteiger partial charge in [-0.05, 0) is 6.07 Å². The van der Waals surface area contributed by atoms with Gasteiger partial charge >= 0.3 is 0 Å². The number of aliphatic hydroxyl groups is 1. The highest BCUT2D eigenvalue weighted by molar-refractivity contribution is 5.21. The number of β-amino-alcohol motifs (C(OH)–C–C–N with tert-alkyl or cyclic N) is 1. The van der Waals surface area contributed by atoms with E-state index in [1.807, 2.05) is 11.1 Å². The van der Waals surface area contributed by atoms with Gasteiger partial charge in [0.15, 0.2) is 0 Å². The Hall–Kier alpha value is -1.79. The number of fused-ring (bicyclic) bond motifs is 1. The number of imidazole rings is 1. The molecule has 0 bridgehead atoms. The third-order valence-electron chi connectivity index (χ3n) is 3.58. The van der Waals surface area contributed by atoms with Gasteiger partial charge in [0.2, 0.25) is 0 Å². The molecule has 4 nitrogen and oxygen atoms in total. The molecule has 20 heavy (non-hydrogen) atoms. The molecule has 0 amide bonds. The Labute approximate surface area is 115 Å². The van der Waals surface area contributed by atoms with Crippen LogP contribution in [0.1, 0.15) is 17.5 Å². The van der Waals surface area contributed by atoms with Crippen LogP contribution < -0.4 is 0 Å². The molecule has 106 valence electrons. The van der Waals surface area contributed by atoms with Crippen LogP contribution in [0.5, 0.6) is 0 Å². The lowest BCUT2D eigenvalue weighted by molar-refractivity contribution is 0.0936. The minimum atomic E-state index is -0.975. The smallest absolute Gasteiger partial charge is 0.131 e. The van der Waals surface area contributed by atoms with E-state index in [1.165, 1.54) is 6.07 Å². The molecule has 0 saturated carbocycles. The van der Waals surface area contributed by atoms with E-state index in [1.54, 1.807) is 6.20 Å². The van der Waals surface area contributed by atoms with E-state index in [4.69, 9.17) is 0 Å². The third-order valence-corrected chi connectivity index (χ3v) is 3.58. The van der Waals surface area contributed by atoms with Gasteiger partial charge in [-0.2, -0.15) is 0 Å². The molecule has 1 N–H and O–H groups in total. The highest BCUT2D eigenvalue weighted by atomic mass is 19.1. The molecule has 2 aromatic rings. The first-order chi connectivity index (χ1) is 9.63. The molecule has 1 aromatic heterocycles. The summed E-state index contributed by atoms with van der Waals surface area (Å²) >= 11 is 0. The maximum atomic E-state index is 13.6. The van der Waals surface area contributed by atoms with Crippen molar-refractivity contribution in [2.75, 3.05) is 13.1 Å². The number of rotatable bonds is 3. The molecule has 0 spiro atoms. The summed E-state index contributed by atoms with van der Waals surface area (Å²) in [6.07, 6.45) is 2.69. The van der Waals surface area contributed by atoms with Crippen LogP contribution >= 0.6 is 0 Å². The third kappa shape index (κ3) is 2.57. The number of aromatic nitrogens is 2. The van der Waals surface area contributed by atoms with Gasteiger partial charge in [0.05, 0.1) is 12.6 Å². The van der Waals surface area contributed by atoms with Gasteiger partial charge in [0.25, 0.3) is 0 Å². The van der Waals surface area contributed by atoms with Crippen LogP contribution in [0.25, 0.3) is 0 Å². The molecule has 1 aliphatic heterocycles. The van der Waals surface area contributed by atoms with Crippen molar-refractivity contribution < 1.29 is 13.9 Å². The summed E-state index contributed by atoms with van der Waals surface area (Å²) in [5, 5.41) is 10.1. The lowest BCUT2D eigenvalue weighted by atomic mass is 10.1. The van der Waals surface area contributed by atoms with Crippen LogP contribution in [-0.4, -0.2) is 32.6 Å². The molecule has 3 rings (SSSR count). The largest absolute Gasteiger partial charge is 0.387 e. The monoisotopic (exact) mass is 279 g/mol. The molecule has 0 radical (unpaired) electrons. The molecular formula is C14H15F2N3O. The quantitative estimate of drug-likeness (QED) is 0.930. The second kappa shape index (κ2) is 5.30. The van der Waals surface area contributed by atoms with E-state index in [0.717, 1.165) is 31.0 Å². The van der Waals surface area contributed by atoms with E-state index in [0.29, 0.717) is 13.1 Å². The molecular weight excluding hydrogens is 264 g/mol. The predicted octanol–water partition coefficient (Wildman–Crippen LogP) is 1.71. The SMILES string of the molecule is O[C@@H](CN1CCn2ccnc2C1)c1ccc(F)cc1F. The van der Waals surface area contributed by atoms with Gasteiger partial charge in [-0.15, -0.1) is 0 Å². The number of nitrogens with zero attached hydrogens (tertiary/aromatic N) is 3. The van der Waals surface area contributed by atoms with Crippen molar-refractivity contribution in [3.63, 3.8) is 0 Å². The molecule has 2 heterocycles. The van der Waals surface area contributed by atoms with E-state index in [-0.39, 0.29) is 5.56 Å². The minimum absolute atomic E-state index is 0.125. The first-order valence-electron chi connectivity index (χ1n) is 6.49. The molecule has 0 unspecified atom stereocenters. The molecule has 1 aromatic carbocycles. The zero-order valence-electron chi connectivity index (χ0n) is 10.8. The van der Waals surface area contributed by atoms with Gasteiger partial charge in [0, 0.05) is 43.7 Å². The van der Waals surface area contributed by atoms with Crippen LogP contribution in [0.3, 0.4) is 0 Å². The summed E-state index contributed by atoms with van der Waals surface area (Å²) in [6.45, 7) is 2.49. The summed E-state index contributed by atoms with van der Waals surface area (Å²) < 4.78 is 28.5. The van der Waals surface area contributed by atoms with Crippen molar-refractivity contribution in [3.8, 4) is 0 Å². The fraction of sp³-hybridized carbons (Fsp3) is 0.357. The van der Waals surface area contributed by atoms with Crippen molar-refractivity contribution in [1.29, 1.82) is 0 Å². The van der Waals surface area contributed by atoms with Crippen molar-refractivity contribution >= 4 is 0 Å². The van der Waals surface area contributed by atoms with Crippen molar-refractivity contribution in [2.45, 2.75) is 19.2 Å². The fourth-order valence-electron chi connectivity index (χ4n) is 2.49. The van der Waals surface area contributed by atoms with Gasteiger partial charge in [0.1, 0.15) is 17.5 Å². The van der Waals surface area contributed by atoms with E-state index in [9.17, 15) is 13.9 Å². The zero-order chi connectivity index (χ0) is 14.1. The molecule has 0 aliphatic carbocycles. The maximum absolute atomic E-state index is 13.6. The Morgan fingerprint density at radius 3 is 2.95 bits per heavy atom. The average Bonchev–Trinajstić information content (AvgIpc) is 2.85. The van der Waals surface area contributed by atoms with Gasteiger partial charge in [-0.3, -0.25) is 4.90 Å². The maximum Gasteiger partial charge on any atom is 0.131 e. The lowest BCUT2D eigenvalue weighted by Crippen LogP contribution is -2.36. The Morgan fingerprint density at radius 2 is 2.15 bits per heavy atom. The fourth-order valence-corrected chi connectivity index (χ4v) is 2.49. The number of hydrogen-bond donors (Lipinski definition) is 1. The van der Waals surface area contributed by atoms with E-state index in [2.05, 4.69) is 9.55 Å². The van der Waals surface area contributed by atoms with Crippen molar-refractivity contribution in [3.05, 3.63) is 53.6 Å². The molecule has 0 saturated heterocycles. The zero-order valence-corrected chi connectivity index (χ0v) is 10.8. The molecule has 1 atom stereocenters. The van der Waals surface area contributed by atoms with Gasteiger partial charge in [-0.1, -0.05) is 6.07 Å². The summed E-state index contributed by atoms with van der Waals surface area (Å²) in [5.41, 5.74) is 0.125. The van der Waals surface area contributed by atoms with E-state index < -0.39 is 17.7 Å². The Bertz CT molecular complexity index is 614. The number of aliphatic hydroxyl groups excluding tert-OH is 1. The predicted molar refractivity (Wildman–Crippen MR) is 68.8 cm³/mol. The van der Waals surface area contributed by atoms with E-state index >= 15 is 0 Å². The first-order valence-corrected chi connectivity index (χ1v) is 6.49. The first kappa shape index (κ1) is 13.2. The average molecular weight is 279 g/mol. The second-order valence-electron chi connectivity index (χ2n) is 4.95. The minimum Gasteiger partial charge on any atom is -0.387 e. The van der Waals surface area contributed by atoms with Crippen LogP contribution in [0.15, 0.2) is 30.6 Å². The summed E-state index contributed by atoms with van der Waals surface area (Å²) in [6, 6.07) is 3.24. The standard InChI is InChI=1S/C14H15F2N3O/c15-10-1-2-11(12(16)7-10)13(20)8-18-5-6-19-4-3-17-14(19)9-18/h1-4,7,13,20H,5-6,8-9H2/t13-/m0/s1. The molecule has 1 aliphatic rings. The molecule has 6 heteroatoms. The lowest BCUT2D eigenvalue weighted by Gasteiger charge is -2.29. The summed E-state index contributed by atoms with van der Waals surface area (Å²) in [4.78, 5) is 6.24. The normalized spacial score (nSPS) is 16.9. The Kier molecular flexibility index (Phi) is 3.50. The summed E-state index contributed by atoms with van der Waals surface area (Å²) in [7, 11) is 0. The van der Waals surface area contributed by atoms with Crippen molar-refractivity contribution in [1.82, 2.24) is 14.5 Å². The van der Waals surface area contributed by atoms with Crippen LogP contribution in [0.4, 0.5) is 8.78 Å². The number of hydrogen-bond acceptors (Lipinski definition) is 3. The molecule has 0 fully saturated rings. The van der Waals surface area contributed by atoms with Gasteiger partial charge < -0.3 is 9.67 Å². The topological polar surface area (TPSA) is 41.3 Å². The highest BCUT2D eigenvalue weighted by Crippen LogP contribution is 2.21. The Morgan fingerprint density at radius 1 is 1.30 bits per heavy atom. The second-order valence-corrected chi connectivity index (χ2v) is 4.95. The number of halogens is 2. The highest BCUT2D eigenvalue weighted by Gasteiger charge is 2.21. The van der Waals surface area contributed by atoms with Crippen molar-refractivity contribution in [2.24, 2.45) is 0 Å². The Balaban J connectivity index is 1.69. The van der Waals surface area contributed by atoms with Gasteiger partial charge in [-0.25, -0.2) is 13.8 Å². The number of benzene rings is 1. The summed E-state index contributed by atoms with van der Waals surface area (Å²) in [5.74, 6) is -0.419. The van der Waals surface area contributed by atoms with Crippen LogP contribution in [-0.2, 0) is 13.1 Å². The van der Waals surface area contributed by atoms with Crippen LogP contribution in [0, 0.1) is 11.6 Å².